The maximum Gasteiger partial charge on any atom is 0.0640 e. The summed E-state index contributed by atoms with van der Waals surface area (Å²) >= 11 is 1.88. The van der Waals surface area contributed by atoms with Gasteiger partial charge in [0.25, 0.3) is 0 Å². The van der Waals surface area contributed by atoms with E-state index < -0.39 is 0 Å². The number of anilines is 3. The van der Waals surface area contributed by atoms with Crippen LogP contribution in [0.2, 0.25) is 0 Å². The Morgan fingerprint density at radius 3 is 1.90 bits per heavy atom. The van der Waals surface area contributed by atoms with Gasteiger partial charge in [0.05, 0.1) is 27.1 Å². The summed E-state index contributed by atoms with van der Waals surface area (Å²) in [7, 11) is 0. The average Bonchev–Trinajstić information content (AvgIpc) is 3.74. The molecular formula is C48H30N2S. The van der Waals surface area contributed by atoms with Crippen molar-refractivity contribution in [2.24, 2.45) is 0 Å². The van der Waals surface area contributed by atoms with E-state index in [1.165, 1.54) is 85.7 Å². The van der Waals surface area contributed by atoms with E-state index in [4.69, 9.17) is 0 Å². The van der Waals surface area contributed by atoms with Crippen molar-refractivity contribution in [1.29, 1.82) is 0 Å². The molecule has 0 saturated heterocycles. The van der Waals surface area contributed by atoms with Crippen molar-refractivity contribution in [1.82, 2.24) is 4.57 Å². The van der Waals surface area contributed by atoms with Crippen LogP contribution in [-0.4, -0.2) is 4.57 Å². The number of thiophene rings is 1. The molecule has 2 aromatic heterocycles. The van der Waals surface area contributed by atoms with Crippen LogP contribution < -0.4 is 4.90 Å². The van der Waals surface area contributed by atoms with Crippen LogP contribution in [0.5, 0.6) is 0 Å². The van der Waals surface area contributed by atoms with Gasteiger partial charge in [0.2, 0.25) is 0 Å². The molecule has 0 bridgehead atoms. The van der Waals surface area contributed by atoms with Gasteiger partial charge in [-0.15, -0.1) is 11.3 Å². The maximum atomic E-state index is 2.52. The highest BCUT2D eigenvalue weighted by molar-refractivity contribution is 7.26. The molecule has 0 saturated carbocycles. The van der Waals surface area contributed by atoms with E-state index in [0.29, 0.717) is 0 Å². The highest BCUT2D eigenvalue weighted by Crippen LogP contribution is 2.49. The summed E-state index contributed by atoms with van der Waals surface area (Å²) in [6.45, 7) is 0. The molecule has 0 atom stereocenters. The molecule has 2 nitrogen and oxygen atoms in total. The smallest absolute Gasteiger partial charge is 0.0640 e. The van der Waals surface area contributed by atoms with Crippen molar-refractivity contribution in [3.05, 3.63) is 182 Å². The van der Waals surface area contributed by atoms with Gasteiger partial charge in [-0.2, -0.15) is 0 Å². The van der Waals surface area contributed by atoms with Crippen LogP contribution in [0.4, 0.5) is 17.1 Å². The molecule has 9 aromatic carbocycles. The lowest BCUT2D eigenvalue weighted by Crippen LogP contribution is -2.11. The number of hydrogen-bond donors (Lipinski definition) is 0. The predicted molar refractivity (Wildman–Crippen MR) is 221 cm³/mol. The summed E-state index contributed by atoms with van der Waals surface area (Å²) in [5.74, 6) is 0. The quantitative estimate of drug-likeness (QED) is 0.170. The minimum Gasteiger partial charge on any atom is -0.309 e. The lowest BCUT2D eigenvalue weighted by atomic mass is 9.95. The fourth-order valence-corrected chi connectivity index (χ4v) is 9.50. The number of aromatic nitrogens is 1. The van der Waals surface area contributed by atoms with Crippen LogP contribution in [0, 0.1) is 0 Å². The SMILES string of the molecule is c1ccc(-n2c3ccccc3c3ccc(N(c4cc5c6ccccc6ccc5c5ccccc45)c4cccc5c4sc4ccccc45)cc32)cc1. The molecule has 0 radical (unpaired) electrons. The molecule has 11 rings (SSSR count). The molecule has 2 heterocycles. The van der Waals surface area contributed by atoms with Gasteiger partial charge in [-0.05, 0) is 75.5 Å². The minimum absolute atomic E-state index is 1.12. The molecule has 0 aliphatic carbocycles. The van der Waals surface area contributed by atoms with Gasteiger partial charge in [0.15, 0.2) is 0 Å². The Morgan fingerprint density at radius 2 is 1.02 bits per heavy atom. The first kappa shape index (κ1) is 28.4. The lowest BCUT2D eigenvalue weighted by Gasteiger charge is -2.28. The lowest BCUT2D eigenvalue weighted by molar-refractivity contribution is 1.18. The Hall–Kier alpha value is -6.42. The second kappa shape index (κ2) is 11.0. The summed E-state index contributed by atoms with van der Waals surface area (Å²) < 4.78 is 5.00. The molecule has 0 aliphatic heterocycles. The Bertz CT molecular complexity index is 3150. The summed E-state index contributed by atoms with van der Waals surface area (Å²) in [5.41, 5.74) is 7.01. The van der Waals surface area contributed by atoms with Gasteiger partial charge in [-0.1, -0.05) is 133 Å². The first-order valence-electron chi connectivity index (χ1n) is 17.4. The van der Waals surface area contributed by atoms with Gasteiger partial charge in [0, 0.05) is 43.0 Å². The normalized spacial score (nSPS) is 11.9. The van der Waals surface area contributed by atoms with E-state index >= 15 is 0 Å². The first-order valence-corrected chi connectivity index (χ1v) is 18.3. The number of rotatable bonds is 4. The Balaban J connectivity index is 1.29. The van der Waals surface area contributed by atoms with Crippen molar-refractivity contribution in [3.8, 4) is 5.69 Å². The van der Waals surface area contributed by atoms with Crippen molar-refractivity contribution in [3.63, 3.8) is 0 Å². The molecule has 0 unspecified atom stereocenters. The zero-order valence-electron chi connectivity index (χ0n) is 27.6. The second-order valence-corrected chi connectivity index (χ2v) is 14.4. The van der Waals surface area contributed by atoms with Gasteiger partial charge in [-0.3, -0.25) is 0 Å². The first-order chi connectivity index (χ1) is 25.3. The van der Waals surface area contributed by atoms with Gasteiger partial charge in [-0.25, -0.2) is 0 Å². The monoisotopic (exact) mass is 666 g/mol. The van der Waals surface area contributed by atoms with Crippen molar-refractivity contribution in [2.75, 3.05) is 4.90 Å². The number of fused-ring (bicyclic) bond motifs is 11. The van der Waals surface area contributed by atoms with Crippen LogP contribution in [-0.2, 0) is 0 Å². The topological polar surface area (TPSA) is 8.17 Å². The van der Waals surface area contributed by atoms with Crippen molar-refractivity contribution >= 4 is 103 Å². The molecule has 11 aromatic rings. The van der Waals surface area contributed by atoms with Gasteiger partial charge >= 0.3 is 0 Å². The minimum atomic E-state index is 1.12. The van der Waals surface area contributed by atoms with Crippen LogP contribution >= 0.6 is 11.3 Å². The van der Waals surface area contributed by atoms with E-state index in [-0.39, 0.29) is 0 Å². The third kappa shape index (κ3) is 4.22. The van der Waals surface area contributed by atoms with Crippen molar-refractivity contribution < 1.29 is 0 Å². The molecule has 0 amide bonds. The number of para-hydroxylation sites is 2. The molecule has 0 spiro atoms. The fourth-order valence-electron chi connectivity index (χ4n) is 8.30. The summed E-state index contributed by atoms with van der Waals surface area (Å²) in [6, 6.07) is 66.8. The molecule has 0 fully saturated rings. The van der Waals surface area contributed by atoms with Crippen LogP contribution in [0.15, 0.2) is 182 Å². The fraction of sp³-hybridized carbons (Fsp3) is 0. The molecular weight excluding hydrogens is 637 g/mol. The number of hydrogen-bond acceptors (Lipinski definition) is 2. The van der Waals surface area contributed by atoms with Crippen molar-refractivity contribution in [2.45, 2.75) is 0 Å². The molecule has 3 heteroatoms. The Labute approximate surface area is 298 Å². The van der Waals surface area contributed by atoms with Gasteiger partial charge < -0.3 is 9.47 Å². The molecule has 0 N–H and O–H groups in total. The van der Waals surface area contributed by atoms with E-state index in [9.17, 15) is 0 Å². The molecule has 51 heavy (non-hydrogen) atoms. The van der Waals surface area contributed by atoms with E-state index in [2.05, 4.69) is 191 Å². The highest BCUT2D eigenvalue weighted by Gasteiger charge is 2.23. The third-order valence-electron chi connectivity index (χ3n) is 10.5. The molecule has 0 aliphatic rings. The van der Waals surface area contributed by atoms with E-state index in [1.54, 1.807) is 0 Å². The summed E-state index contributed by atoms with van der Waals surface area (Å²) in [6.07, 6.45) is 0. The predicted octanol–water partition coefficient (Wildman–Crippen LogP) is 14.1. The Morgan fingerprint density at radius 1 is 0.373 bits per heavy atom. The maximum absolute atomic E-state index is 2.52. The van der Waals surface area contributed by atoms with E-state index in [0.717, 1.165) is 11.4 Å². The zero-order chi connectivity index (χ0) is 33.5. The third-order valence-corrected chi connectivity index (χ3v) is 11.7. The zero-order valence-corrected chi connectivity index (χ0v) is 28.4. The Kier molecular flexibility index (Phi) is 6.16. The number of nitrogens with zero attached hydrogens (tertiary/aromatic N) is 2. The van der Waals surface area contributed by atoms with Crippen LogP contribution in [0.25, 0.3) is 80.0 Å². The largest absolute Gasteiger partial charge is 0.309 e. The standard InChI is InChI=1S/C48H30N2S/c1-2-14-32(15-3-1)49-43-22-10-8-19-38(43)39-28-26-33(29-45(39)49)50(44-23-12-21-41-40-20-9-11-24-47(40)51-48(41)44)46-30-42-34-16-5-4-13-31(34)25-27-36(42)35-17-6-7-18-37(35)46/h1-30H. The van der Waals surface area contributed by atoms with E-state index in [1.807, 2.05) is 11.3 Å². The average molecular weight is 667 g/mol. The summed E-state index contributed by atoms with van der Waals surface area (Å²) in [4.78, 5) is 2.52. The van der Waals surface area contributed by atoms with Crippen LogP contribution in [0.3, 0.4) is 0 Å². The van der Waals surface area contributed by atoms with Crippen LogP contribution in [0.1, 0.15) is 0 Å². The van der Waals surface area contributed by atoms with Gasteiger partial charge in [0.1, 0.15) is 0 Å². The second-order valence-electron chi connectivity index (χ2n) is 13.3. The highest BCUT2D eigenvalue weighted by atomic mass is 32.1. The summed E-state index contributed by atoms with van der Waals surface area (Å²) in [5, 5.41) is 12.6. The molecule has 238 valence electrons. The number of benzene rings is 9.